The van der Waals surface area contributed by atoms with Crippen LogP contribution < -0.4 is 5.32 Å². The lowest BCUT2D eigenvalue weighted by atomic mass is 9.75. The SMILES string of the molecule is CC(C)(C)OC(=O)N1CCC2(C(=O)O)CC(=O)NC2C1. The molecule has 0 aromatic heterocycles. The van der Waals surface area contributed by atoms with E-state index in [-0.39, 0.29) is 31.8 Å². The van der Waals surface area contributed by atoms with Crippen LogP contribution in [0.3, 0.4) is 0 Å². The van der Waals surface area contributed by atoms with Gasteiger partial charge in [-0.05, 0) is 27.2 Å². The number of nitrogens with zero attached hydrogens (tertiary/aromatic N) is 1. The first-order valence-electron chi connectivity index (χ1n) is 6.65. The maximum Gasteiger partial charge on any atom is 0.410 e. The smallest absolute Gasteiger partial charge is 0.410 e. The van der Waals surface area contributed by atoms with Gasteiger partial charge in [-0.1, -0.05) is 0 Å². The second-order valence-corrected chi connectivity index (χ2v) is 6.43. The van der Waals surface area contributed by atoms with Gasteiger partial charge in [-0.15, -0.1) is 0 Å². The van der Waals surface area contributed by atoms with E-state index in [0.717, 1.165) is 0 Å². The van der Waals surface area contributed by atoms with Crippen molar-refractivity contribution in [1.29, 1.82) is 0 Å². The summed E-state index contributed by atoms with van der Waals surface area (Å²) in [6, 6.07) is -0.547. The van der Waals surface area contributed by atoms with Crippen molar-refractivity contribution in [2.45, 2.75) is 45.3 Å². The molecule has 2 rings (SSSR count). The van der Waals surface area contributed by atoms with E-state index in [1.165, 1.54) is 4.90 Å². The van der Waals surface area contributed by atoms with Gasteiger partial charge in [-0.2, -0.15) is 0 Å². The quantitative estimate of drug-likeness (QED) is 0.734. The van der Waals surface area contributed by atoms with Gasteiger partial charge in [0, 0.05) is 19.5 Å². The number of amides is 2. The number of carboxylic acids is 1. The second kappa shape index (κ2) is 4.64. The molecular weight excluding hydrogens is 264 g/mol. The van der Waals surface area contributed by atoms with Crippen molar-refractivity contribution in [3.8, 4) is 0 Å². The highest BCUT2D eigenvalue weighted by Gasteiger charge is 2.56. The maximum atomic E-state index is 12.0. The number of carboxylic acid groups (broad SMARTS) is 1. The van der Waals surface area contributed by atoms with Crippen LogP contribution in [0.1, 0.15) is 33.6 Å². The topological polar surface area (TPSA) is 95.9 Å². The molecule has 2 aliphatic rings. The van der Waals surface area contributed by atoms with Crippen LogP contribution in [0.2, 0.25) is 0 Å². The lowest BCUT2D eigenvalue weighted by Gasteiger charge is -2.40. The summed E-state index contributed by atoms with van der Waals surface area (Å²) in [5.41, 5.74) is -1.69. The summed E-state index contributed by atoms with van der Waals surface area (Å²) in [5.74, 6) is -1.26. The van der Waals surface area contributed by atoms with Crippen LogP contribution in [-0.4, -0.2) is 52.7 Å². The monoisotopic (exact) mass is 284 g/mol. The van der Waals surface area contributed by atoms with Crippen LogP contribution >= 0.6 is 0 Å². The van der Waals surface area contributed by atoms with Crippen LogP contribution in [0.4, 0.5) is 4.79 Å². The molecule has 20 heavy (non-hydrogen) atoms. The Balaban J connectivity index is 2.10. The molecule has 0 aliphatic carbocycles. The van der Waals surface area contributed by atoms with Gasteiger partial charge in [0.05, 0.1) is 6.04 Å². The number of rotatable bonds is 1. The predicted octanol–water partition coefficient (Wildman–Crippen LogP) is 0.587. The fourth-order valence-corrected chi connectivity index (χ4v) is 2.75. The average Bonchev–Trinajstić information content (AvgIpc) is 2.62. The number of hydrogen-bond donors (Lipinski definition) is 2. The number of likely N-dealkylation sites (tertiary alicyclic amines) is 1. The number of hydrogen-bond acceptors (Lipinski definition) is 4. The molecule has 0 bridgehead atoms. The van der Waals surface area contributed by atoms with Crippen LogP contribution in [0.5, 0.6) is 0 Å². The van der Waals surface area contributed by atoms with Crippen LogP contribution in [0.15, 0.2) is 0 Å². The minimum atomic E-state index is -1.09. The van der Waals surface area contributed by atoms with E-state index >= 15 is 0 Å². The highest BCUT2D eigenvalue weighted by molar-refractivity contribution is 5.90. The first-order valence-corrected chi connectivity index (χ1v) is 6.65. The lowest BCUT2D eigenvalue weighted by Crippen LogP contribution is -2.57. The Hall–Kier alpha value is -1.79. The molecule has 7 heteroatoms. The summed E-state index contributed by atoms with van der Waals surface area (Å²) >= 11 is 0. The minimum Gasteiger partial charge on any atom is -0.481 e. The van der Waals surface area contributed by atoms with Gasteiger partial charge in [0.25, 0.3) is 0 Å². The number of fused-ring (bicyclic) bond motifs is 1. The summed E-state index contributed by atoms with van der Waals surface area (Å²) in [6.45, 7) is 5.77. The molecule has 7 nitrogen and oxygen atoms in total. The van der Waals surface area contributed by atoms with Crippen LogP contribution in [0, 0.1) is 5.41 Å². The van der Waals surface area contributed by atoms with Gasteiger partial charge < -0.3 is 20.1 Å². The number of carbonyl (C=O) groups is 3. The molecule has 2 fully saturated rings. The molecule has 0 aromatic rings. The van der Waals surface area contributed by atoms with Gasteiger partial charge in [0.1, 0.15) is 11.0 Å². The van der Waals surface area contributed by atoms with E-state index in [4.69, 9.17) is 4.74 Å². The van der Waals surface area contributed by atoms with Crippen molar-refractivity contribution in [2.75, 3.05) is 13.1 Å². The summed E-state index contributed by atoms with van der Waals surface area (Å²) in [5, 5.41) is 12.1. The van der Waals surface area contributed by atoms with Gasteiger partial charge in [0.15, 0.2) is 0 Å². The molecule has 2 amide bonds. The van der Waals surface area contributed by atoms with E-state index in [0.29, 0.717) is 0 Å². The van der Waals surface area contributed by atoms with Crippen LogP contribution in [-0.2, 0) is 14.3 Å². The van der Waals surface area contributed by atoms with Crippen molar-refractivity contribution in [2.24, 2.45) is 5.41 Å². The highest BCUT2D eigenvalue weighted by Crippen LogP contribution is 2.39. The fourth-order valence-electron chi connectivity index (χ4n) is 2.75. The third-order valence-corrected chi connectivity index (χ3v) is 3.79. The predicted molar refractivity (Wildman–Crippen MR) is 69.0 cm³/mol. The molecule has 2 N–H and O–H groups in total. The Morgan fingerprint density at radius 1 is 1.45 bits per heavy atom. The molecule has 2 heterocycles. The zero-order chi connectivity index (χ0) is 15.1. The summed E-state index contributed by atoms with van der Waals surface area (Å²) < 4.78 is 5.27. The fraction of sp³-hybridized carbons (Fsp3) is 0.769. The standard InChI is InChI=1S/C13H20N2O5/c1-12(2,3)20-11(19)15-5-4-13(10(17)18)6-9(16)14-8(13)7-15/h8H,4-7H2,1-3H3,(H,14,16)(H,17,18). The normalized spacial score (nSPS) is 29.6. The molecule has 0 aromatic carbocycles. The Morgan fingerprint density at radius 3 is 2.65 bits per heavy atom. The van der Waals surface area contributed by atoms with Gasteiger partial charge in [-0.3, -0.25) is 9.59 Å². The number of ether oxygens (including phenoxy) is 1. The minimum absolute atomic E-state index is 0.0187. The van der Waals surface area contributed by atoms with Crippen molar-refractivity contribution in [3.63, 3.8) is 0 Å². The second-order valence-electron chi connectivity index (χ2n) is 6.43. The van der Waals surface area contributed by atoms with Crippen molar-refractivity contribution >= 4 is 18.0 Å². The van der Waals surface area contributed by atoms with Crippen molar-refractivity contribution in [1.82, 2.24) is 10.2 Å². The Morgan fingerprint density at radius 2 is 2.10 bits per heavy atom. The Kier molecular flexibility index (Phi) is 3.39. The third kappa shape index (κ3) is 2.57. The molecule has 2 aliphatic heterocycles. The number of nitrogens with one attached hydrogen (secondary N) is 1. The zero-order valence-electron chi connectivity index (χ0n) is 11.9. The number of piperidine rings is 1. The largest absolute Gasteiger partial charge is 0.481 e. The zero-order valence-corrected chi connectivity index (χ0v) is 11.9. The van der Waals surface area contributed by atoms with Gasteiger partial charge in [-0.25, -0.2) is 4.79 Å². The first kappa shape index (κ1) is 14.6. The van der Waals surface area contributed by atoms with Crippen molar-refractivity contribution < 1.29 is 24.2 Å². The van der Waals surface area contributed by atoms with Gasteiger partial charge in [0.2, 0.25) is 5.91 Å². The molecule has 2 atom stereocenters. The van der Waals surface area contributed by atoms with E-state index in [1.807, 2.05) is 0 Å². The van der Waals surface area contributed by atoms with E-state index in [2.05, 4.69) is 5.32 Å². The Bertz CT molecular complexity index is 456. The molecule has 0 saturated carbocycles. The average molecular weight is 284 g/mol. The first-order chi connectivity index (χ1) is 9.14. The Labute approximate surface area is 117 Å². The molecule has 0 radical (unpaired) electrons. The van der Waals surface area contributed by atoms with Crippen molar-refractivity contribution in [3.05, 3.63) is 0 Å². The molecule has 2 unspecified atom stereocenters. The van der Waals surface area contributed by atoms with Gasteiger partial charge >= 0.3 is 12.1 Å². The molecular formula is C13H20N2O5. The maximum absolute atomic E-state index is 12.0. The summed E-state index contributed by atoms with van der Waals surface area (Å²) in [4.78, 5) is 36.5. The number of aliphatic carboxylic acids is 1. The summed E-state index contributed by atoms with van der Waals surface area (Å²) in [6.07, 6.45) is -0.238. The lowest BCUT2D eigenvalue weighted by molar-refractivity contribution is -0.152. The van der Waals surface area contributed by atoms with Crippen LogP contribution in [0.25, 0.3) is 0 Å². The third-order valence-electron chi connectivity index (χ3n) is 3.79. The molecule has 0 spiro atoms. The molecule has 2 saturated heterocycles. The van der Waals surface area contributed by atoms with E-state index in [9.17, 15) is 19.5 Å². The summed E-state index contributed by atoms with van der Waals surface area (Å²) in [7, 11) is 0. The van der Waals surface area contributed by atoms with E-state index < -0.39 is 29.1 Å². The van der Waals surface area contributed by atoms with E-state index in [1.54, 1.807) is 20.8 Å². The highest BCUT2D eigenvalue weighted by atomic mass is 16.6. The number of carbonyl (C=O) groups excluding carboxylic acids is 2. The molecule has 112 valence electrons.